The number of hydrogen-bond acceptors (Lipinski definition) is 5. The highest BCUT2D eigenvalue weighted by Gasteiger charge is 2.55. The lowest BCUT2D eigenvalue weighted by molar-refractivity contribution is -0.153. The zero-order chi connectivity index (χ0) is 17.6. The van der Waals surface area contributed by atoms with E-state index < -0.39 is 11.4 Å². The number of nitrogens with zero attached hydrogens (tertiary/aromatic N) is 4. The summed E-state index contributed by atoms with van der Waals surface area (Å²) in [7, 11) is 1.94. The van der Waals surface area contributed by atoms with Crippen LogP contribution in [0, 0.1) is 11.3 Å². The topological polar surface area (TPSA) is 86.6 Å². The fourth-order valence-electron chi connectivity index (χ4n) is 4.20. The van der Waals surface area contributed by atoms with Crippen LogP contribution in [-0.4, -0.2) is 70.0 Å². The summed E-state index contributed by atoms with van der Waals surface area (Å²) in [6, 6.07) is 5.24. The van der Waals surface area contributed by atoms with Gasteiger partial charge in [0.2, 0.25) is 0 Å². The molecule has 7 heteroatoms. The van der Waals surface area contributed by atoms with Crippen molar-refractivity contribution in [2.45, 2.75) is 6.42 Å². The molecule has 2 fully saturated rings. The zero-order valence-electron chi connectivity index (χ0n) is 14.1. The van der Waals surface area contributed by atoms with E-state index in [4.69, 9.17) is 0 Å². The summed E-state index contributed by atoms with van der Waals surface area (Å²) >= 11 is 0. The molecular formula is C18H20N4O3. The molecule has 0 unspecified atom stereocenters. The third-order valence-corrected chi connectivity index (χ3v) is 5.54. The quantitative estimate of drug-likeness (QED) is 0.881. The molecule has 1 aromatic carbocycles. The Morgan fingerprint density at radius 2 is 1.96 bits per heavy atom. The molecule has 3 heterocycles. The zero-order valence-corrected chi connectivity index (χ0v) is 14.1. The number of aliphatic carboxylic acids is 1. The van der Waals surface area contributed by atoms with Gasteiger partial charge in [-0.2, -0.15) is 0 Å². The fourth-order valence-corrected chi connectivity index (χ4v) is 4.20. The number of hydrogen-bond donors (Lipinski definition) is 1. The molecule has 1 N–H and O–H groups in total. The number of carboxylic acid groups (broad SMARTS) is 1. The molecule has 0 saturated carbocycles. The van der Waals surface area contributed by atoms with E-state index in [-0.39, 0.29) is 18.4 Å². The van der Waals surface area contributed by atoms with Gasteiger partial charge in [-0.15, -0.1) is 0 Å². The molecule has 0 bridgehead atoms. The van der Waals surface area contributed by atoms with E-state index in [1.54, 1.807) is 35.5 Å². The summed E-state index contributed by atoms with van der Waals surface area (Å²) in [4.78, 5) is 37.1. The molecule has 2 aliphatic rings. The summed E-state index contributed by atoms with van der Waals surface area (Å²) < 4.78 is 0. The van der Waals surface area contributed by atoms with Crippen LogP contribution in [0.25, 0.3) is 11.0 Å². The van der Waals surface area contributed by atoms with Crippen molar-refractivity contribution >= 4 is 22.9 Å². The number of carboxylic acids is 1. The van der Waals surface area contributed by atoms with Crippen molar-refractivity contribution < 1.29 is 14.7 Å². The second kappa shape index (κ2) is 5.77. The van der Waals surface area contributed by atoms with Crippen molar-refractivity contribution in [2.24, 2.45) is 11.3 Å². The molecule has 0 aliphatic carbocycles. The standard InChI is InChI=1S/C18H20N4O3/c1-21-7-4-13-9-22(11-18(13,10-21)17(24)25)16(23)12-2-3-14-15(8-12)20-6-5-19-14/h2-3,5-6,8,13H,4,7,9-11H2,1H3,(H,24,25)/t13-,18-/m0/s1. The summed E-state index contributed by atoms with van der Waals surface area (Å²) in [5, 5.41) is 9.85. The molecule has 0 radical (unpaired) electrons. The van der Waals surface area contributed by atoms with Crippen molar-refractivity contribution in [3.05, 3.63) is 36.2 Å². The molecule has 4 rings (SSSR count). The van der Waals surface area contributed by atoms with Crippen molar-refractivity contribution in [3.8, 4) is 0 Å². The molecule has 7 nitrogen and oxygen atoms in total. The largest absolute Gasteiger partial charge is 0.481 e. The molecule has 0 spiro atoms. The average Bonchev–Trinajstić information content (AvgIpc) is 3.01. The van der Waals surface area contributed by atoms with Crippen molar-refractivity contribution in [1.29, 1.82) is 0 Å². The van der Waals surface area contributed by atoms with E-state index in [0.717, 1.165) is 18.5 Å². The predicted octanol–water partition coefficient (Wildman–Crippen LogP) is 1.11. The average molecular weight is 340 g/mol. The summed E-state index contributed by atoms with van der Waals surface area (Å²) in [6.07, 6.45) is 4.01. The molecule has 1 aromatic heterocycles. The van der Waals surface area contributed by atoms with E-state index in [0.29, 0.717) is 24.2 Å². The van der Waals surface area contributed by atoms with Gasteiger partial charge in [-0.3, -0.25) is 19.6 Å². The number of benzene rings is 1. The Bertz CT molecular complexity index is 855. The lowest BCUT2D eigenvalue weighted by Gasteiger charge is -2.39. The van der Waals surface area contributed by atoms with Gasteiger partial charge >= 0.3 is 5.97 Å². The van der Waals surface area contributed by atoms with Crippen LogP contribution in [0.5, 0.6) is 0 Å². The van der Waals surface area contributed by atoms with Crippen LogP contribution in [0.4, 0.5) is 0 Å². The van der Waals surface area contributed by atoms with Crippen LogP contribution in [0.15, 0.2) is 30.6 Å². The number of piperidine rings is 1. The predicted molar refractivity (Wildman–Crippen MR) is 91.1 cm³/mol. The smallest absolute Gasteiger partial charge is 0.313 e. The van der Waals surface area contributed by atoms with E-state index in [1.807, 2.05) is 11.9 Å². The number of rotatable bonds is 2. The van der Waals surface area contributed by atoms with E-state index in [9.17, 15) is 14.7 Å². The molecule has 25 heavy (non-hydrogen) atoms. The second-order valence-corrected chi connectivity index (χ2v) is 7.13. The molecule has 2 aromatic rings. The first-order valence-electron chi connectivity index (χ1n) is 8.41. The highest BCUT2D eigenvalue weighted by atomic mass is 16.4. The van der Waals surface area contributed by atoms with Gasteiger partial charge in [-0.05, 0) is 44.1 Å². The maximum atomic E-state index is 13.0. The number of likely N-dealkylation sites (tertiary alicyclic amines) is 2. The van der Waals surface area contributed by atoms with Crippen molar-refractivity contribution in [1.82, 2.24) is 19.8 Å². The van der Waals surface area contributed by atoms with Gasteiger partial charge in [0.15, 0.2) is 0 Å². The highest BCUT2D eigenvalue weighted by Crippen LogP contribution is 2.42. The Kier molecular flexibility index (Phi) is 3.68. The Hall–Kier alpha value is -2.54. The van der Waals surface area contributed by atoms with Crippen LogP contribution in [0.2, 0.25) is 0 Å². The van der Waals surface area contributed by atoms with Crippen molar-refractivity contribution in [2.75, 3.05) is 33.2 Å². The van der Waals surface area contributed by atoms with Crippen LogP contribution < -0.4 is 0 Å². The molecular weight excluding hydrogens is 320 g/mol. The minimum absolute atomic E-state index is 0.00500. The molecule has 130 valence electrons. The van der Waals surface area contributed by atoms with Gasteiger partial charge in [-0.1, -0.05) is 0 Å². The van der Waals surface area contributed by atoms with Crippen LogP contribution >= 0.6 is 0 Å². The van der Waals surface area contributed by atoms with Crippen LogP contribution in [0.3, 0.4) is 0 Å². The number of carbonyl (C=O) groups excluding carboxylic acids is 1. The summed E-state index contributed by atoms with van der Waals surface area (Å²) in [6.45, 7) is 2.11. The summed E-state index contributed by atoms with van der Waals surface area (Å²) in [5.74, 6) is -0.931. The minimum atomic E-state index is -0.862. The Morgan fingerprint density at radius 1 is 1.20 bits per heavy atom. The molecule has 2 atom stereocenters. The highest BCUT2D eigenvalue weighted by molar-refractivity contribution is 5.98. The Labute approximate surface area is 145 Å². The fraction of sp³-hybridized carbons (Fsp3) is 0.444. The number of amides is 1. The Balaban J connectivity index is 1.63. The number of carbonyl (C=O) groups is 2. The monoisotopic (exact) mass is 340 g/mol. The van der Waals surface area contributed by atoms with E-state index in [1.165, 1.54) is 0 Å². The van der Waals surface area contributed by atoms with Gasteiger partial charge in [-0.25, -0.2) is 0 Å². The third kappa shape index (κ3) is 2.55. The maximum Gasteiger partial charge on any atom is 0.313 e. The lowest BCUT2D eigenvalue weighted by Crippen LogP contribution is -2.52. The number of fused-ring (bicyclic) bond motifs is 2. The summed E-state index contributed by atoms with van der Waals surface area (Å²) in [5.41, 5.74) is 1.07. The minimum Gasteiger partial charge on any atom is -0.481 e. The van der Waals surface area contributed by atoms with E-state index >= 15 is 0 Å². The SMILES string of the molecule is CN1CC[C@H]2CN(C(=O)c3ccc4nccnc4c3)C[C@@]2(C(=O)O)C1. The van der Waals surface area contributed by atoms with Gasteiger partial charge in [0.25, 0.3) is 5.91 Å². The van der Waals surface area contributed by atoms with E-state index in [2.05, 4.69) is 9.97 Å². The lowest BCUT2D eigenvalue weighted by atomic mass is 9.73. The maximum absolute atomic E-state index is 13.0. The van der Waals surface area contributed by atoms with Crippen LogP contribution in [0.1, 0.15) is 16.8 Å². The molecule has 2 saturated heterocycles. The van der Waals surface area contributed by atoms with Gasteiger partial charge in [0.1, 0.15) is 5.41 Å². The second-order valence-electron chi connectivity index (χ2n) is 7.13. The van der Waals surface area contributed by atoms with Crippen molar-refractivity contribution in [3.63, 3.8) is 0 Å². The van der Waals surface area contributed by atoms with Crippen LogP contribution in [-0.2, 0) is 4.79 Å². The van der Waals surface area contributed by atoms with Gasteiger partial charge < -0.3 is 14.9 Å². The molecule has 2 aliphatic heterocycles. The van der Waals surface area contributed by atoms with Gasteiger partial charge in [0.05, 0.1) is 11.0 Å². The first kappa shape index (κ1) is 16.0. The van der Waals surface area contributed by atoms with Gasteiger partial charge in [0, 0.05) is 37.6 Å². The first-order valence-corrected chi connectivity index (χ1v) is 8.41. The number of aromatic nitrogens is 2. The Morgan fingerprint density at radius 3 is 2.72 bits per heavy atom. The first-order chi connectivity index (χ1) is 12.0. The third-order valence-electron chi connectivity index (χ3n) is 5.54. The normalized spacial score (nSPS) is 26.6. The molecule has 1 amide bonds.